The number of rotatable bonds is 5. The number of carboxylic acid groups (broad SMARTS) is 1. The fraction of sp³-hybridized carbons (Fsp3) is 0.235. The highest BCUT2D eigenvalue weighted by Gasteiger charge is 2.22. The van der Waals surface area contributed by atoms with Crippen LogP contribution >= 0.6 is 27.7 Å². The van der Waals surface area contributed by atoms with Crippen molar-refractivity contribution < 1.29 is 9.90 Å². The molecule has 0 amide bonds. The summed E-state index contributed by atoms with van der Waals surface area (Å²) in [6.07, 6.45) is 0. The summed E-state index contributed by atoms with van der Waals surface area (Å²) in [5.74, 6) is -0.661. The summed E-state index contributed by atoms with van der Waals surface area (Å²) in [5.41, 5.74) is 2.27. The average Bonchev–Trinajstić information content (AvgIpc) is 2.45. The van der Waals surface area contributed by atoms with Gasteiger partial charge < -0.3 is 5.11 Å². The molecule has 21 heavy (non-hydrogen) atoms. The highest BCUT2D eigenvalue weighted by molar-refractivity contribution is 9.10. The van der Waals surface area contributed by atoms with Crippen LogP contribution in [-0.4, -0.2) is 16.3 Å². The number of hydrogen-bond acceptors (Lipinski definition) is 2. The Balaban J connectivity index is 2.15. The number of thioether (sulfide) groups is 1. The van der Waals surface area contributed by atoms with Gasteiger partial charge in [0, 0.05) is 9.37 Å². The molecule has 0 aliphatic heterocycles. The first-order valence-corrected chi connectivity index (χ1v) is 8.40. The molecule has 0 spiro atoms. The van der Waals surface area contributed by atoms with Crippen molar-refractivity contribution in [2.24, 2.45) is 5.92 Å². The first-order chi connectivity index (χ1) is 9.97. The Morgan fingerprint density at radius 2 is 1.48 bits per heavy atom. The van der Waals surface area contributed by atoms with Crippen LogP contribution in [0.25, 0.3) is 11.1 Å². The highest BCUT2D eigenvalue weighted by atomic mass is 79.9. The Labute approximate surface area is 137 Å². The maximum atomic E-state index is 11.2. The Hall–Kier alpha value is -1.26. The Bertz CT molecular complexity index is 606. The smallest absolute Gasteiger partial charge is 0.317 e. The standard InChI is InChI=1S/C17H17BrO2S/c1-11(2)16(17(19)20)21-15-9-5-13(6-10-15)12-3-7-14(18)8-4-12/h3-11,16H,1-2H3,(H,19,20). The Kier molecular flexibility index (Phi) is 5.48. The van der Waals surface area contributed by atoms with E-state index in [9.17, 15) is 9.90 Å². The van der Waals surface area contributed by atoms with Crippen LogP contribution < -0.4 is 0 Å². The van der Waals surface area contributed by atoms with Crippen LogP contribution in [0.1, 0.15) is 13.8 Å². The van der Waals surface area contributed by atoms with Gasteiger partial charge in [-0.1, -0.05) is 54.0 Å². The predicted molar refractivity (Wildman–Crippen MR) is 91.7 cm³/mol. The molecule has 0 aliphatic rings. The van der Waals surface area contributed by atoms with E-state index >= 15 is 0 Å². The van der Waals surface area contributed by atoms with Crippen LogP contribution in [0.3, 0.4) is 0 Å². The van der Waals surface area contributed by atoms with Crippen LogP contribution in [0, 0.1) is 5.92 Å². The second-order valence-electron chi connectivity index (χ2n) is 5.15. The number of carboxylic acids is 1. The SMILES string of the molecule is CC(C)C(Sc1ccc(-c2ccc(Br)cc2)cc1)C(=O)O. The van der Waals surface area contributed by atoms with Crippen molar-refractivity contribution in [1.29, 1.82) is 0 Å². The second-order valence-corrected chi connectivity index (χ2v) is 7.28. The minimum atomic E-state index is -0.757. The topological polar surface area (TPSA) is 37.3 Å². The van der Waals surface area contributed by atoms with Crippen LogP contribution in [0.5, 0.6) is 0 Å². The molecule has 2 rings (SSSR count). The molecule has 2 aromatic rings. The van der Waals surface area contributed by atoms with Gasteiger partial charge >= 0.3 is 5.97 Å². The van der Waals surface area contributed by atoms with Crippen molar-refractivity contribution in [2.45, 2.75) is 24.0 Å². The normalized spacial score (nSPS) is 12.4. The molecule has 0 heterocycles. The van der Waals surface area contributed by atoms with Gasteiger partial charge in [0.2, 0.25) is 0 Å². The van der Waals surface area contributed by atoms with Gasteiger partial charge in [0.15, 0.2) is 0 Å². The quantitative estimate of drug-likeness (QED) is 0.729. The van der Waals surface area contributed by atoms with Gasteiger partial charge in [0.1, 0.15) is 5.25 Å². The van der Waals surface area contributed by atoms with E-state index in [1.165, 1.54) is 11.8 Å². The van der Waals surface area contributed by atoms with Crippen LogP contribution in [0.15, 0.2) is 57.9 Å². The van der Waals surface area contributed by atoms with Crippen LogP contribution in [-0.2, 0) is 4.79 Å². The maximum absolute atomic E-state index is 11.2. The maximum Gasteiger partial charge on any atom is 0.317 e. The van der Waals surface area contributed by atoms with E-state index in [1.54, 1.807) is 0 Å². The van der Waals surface area contributed by atoms with Crippen LogP contribution in [0.4, 0.5) is 0 Å². The minimum Gasteiger partial charge on any atom is -0.480 e. The van der Waals surface area contributed by atoms with Crippen molar-refractivity contribution in [3.8, 4) is 11.1 Å². The highest BCUT2D eigenvalue weighted by Crippen LogP contribution is 2.30. The van der Waals surface area contributed by atoms with E-state index in [0.29, 0.717) is 0 Å². The molecular formula is C17H17BrO2S. The monoisotopic (exact) mass is 364 g/mol. The van der Waals surface area contributed by atoms with E-state index in [2.05, 4.69) is 28.1 Å². The van der Waals surface area contributed by atoms with Gasteiger partial charge in [0.05, 0.1) is 0 Å². The van der Waals surface area contributed by atoms with Crippen molar-refractivity contribution in [1.82, 2.24) is 0 Å². The first-order valence-electron chi connectivity index (χ1n) is 6.73. The van der Waals surface area contributed by atoms with Gasteiger partial charge in [-0.25, -0.2) is 0 Å². The molecule has 0 saturated carbocycles. The van der Waals surface area contributed by atoms with Gasteiger partial charge in [-0.3, -0.25) is 4.79 Å². The third-order valence-electron chi connectivity index (χ3n) is 3.14. The summed E-state index contributed by atoms with van der Waals surface area (Å²) in [5, 5.41) is 8.82. The zero-order chi connectivity index (χ0) is 15.4. The summed E-state index contributed by atoms with van der Waals surface area (Å²) >= 11 is 4.83. The molecule has 1 atom stereocenters. The Morgan fingerprint density at radius 3 is 1.90 bits per heavy atom. The molecule has 2 nitrogen and oxygen atoms in total. The summed E-state index contributed by atoms with van der Waals surface area (Å²) in [6, 6.07) is 16.2. The number of carbonyl (C=O) groups is 1. The zero-order valence-electron chi connectivity index (χ0n) is 11.9. The molecule has 0 saturated heterocycles. The fourth-order valence-electron chi connectivity index (χ4n) is 1.99. The van der Waals surface area contributed by atoms with E-state index in [1.807, 2.05) is 50.2 Å². The van der Waals surface area contributed by atoms with E-state index < -0.39 is 11.2 Å². The fourth-order valence-corrected chi connectivity index (χ4v) is 3.21. The second kappa shape index (κ2) is 7.14. The van der Waals surface area contributed by atoms with Gasteiger partial charge in [-0.05, 0) is 41.3 Å². The number of benzene rings is 2. The van der Waals surface area contributed by atoms with Gasteiger partial charge in [0.25, 0.3) is 0 Å². The lowest BCUT2D eigenvalue weighted by atomic mass is 10.1. The third-order valence-corrected chi connectivity index (χ3v) is 5.22. The lowest BCUT2D eigenvalue weighted by molar-refractivity contribution is -0.137. The molecule has 1 unspecified atom stereocenters. The van der Waals surface area contributed by atoms with Crippen molar-refractivity contribution in [3.63, 3.8) is 0 Å². The van der Waals surface area contributed by atoms with E-state index in [4.69, 9.17) is 0 Å². The summed E-state index contributed by atoms with van der Waals surface area (Å²) < 4.78 is 1.06. The van der Waals surface area contributed by atoms with Crippen LogP contribution in [0.2, 0.25) is 0 Å². The van der Waals surface area contributed by atoms with Crippen molar-refractivity contribution >= 4 is 33.7 Å². The number of halogens is 1. The minimum absolute atomic E-state index is 0.0960. The molecule has 0 bridgehead atoms. The zero-order valence-corrected chi connectivity index (χ0v) is 14.3. The summed E-state index contributed by atoms with van der Waals surface area (Å²) in [7, 11) is 0. The molecule has 0 radical (unpaired) electrons. The van der Waals surface area contributed by atoms with E-state index in [-0.39, 0.29) is 5.92 Å². The number of aliphatic carboxylic acids is 1. The third kappa shape index (κ3) is 4.35. The molecule has 110 valence electrons. The lowest BCUT2D eigenvalue weighted by Gasteiger charge is -2.15. The average molecular weight is 365 g/mol. The van der Waals surface area contributed by atoms with Crippen molar-refractivity contribution in [2.75, 3.05) is 0 Å². The summed E-state index contributed by atoms with van der Waals surface area (Å²) in [6.45, 7) is 3.87. The van der Waals surface area contributed by atoms with E-state index in [0.717, 1.165) is 20.5 Å². The molecule has 0 aromatic heterocycles. The molecule has 0 fully saturated rings. The molecule has 4 heteroatoms. The molecule has 2 aromatic carbocycles. The Morgan fingerprint density at radius 1 is 1.00 bits per heavy atom. The lowest BCUT2D eigenvalue weighted by Crippen LogP contribution is -2.22. The van der Waals surface area contributed by atoms with Gasteiger partial charge in [-0.2, -0.15) is 0 Å². The largest absolute Gasteiger partial charge is 0.480 e. The molecule has 0 aliphatic carbocycles. The van der Waals surface area contributed by atoms with Gasteiger partial charge in [-0.15, -0.1) is 11.8 Å². The molecular weight excluding hydrogens is 348 g/mol. The van der Waals surface area contributed by atoms with Crippen molar-refractivity contribution in [3.05, 3.63) is 53.0 Å². The first kappa shape index (κ1) is 16.1. The predicted octanol–water partition coefficient (Wildman–Crippen LogP) is 5.32. The number of hydrogen-bond donors (Lipinski definition) is 1. The molecule has 1 N–H and O–H groups in total. The summed E-state index contributed by atoms with van der Waals surface area (Å²) in [4.78, 5) is 12.2.